The summed E-state index contributed by atoms with van der Waals surface area (Å²) >= 11 is 0. The van der Waals surface area contributed by atoms with Crippen molar-refractivity contribution in [1.82, 2.24) is 14.5 Å². The average molecular weight is 459 g/mol. The van der Waals surface area contributed by atoms with E-state index in [1.54, 1.807) is 7.05 Å². The molecule has 0 amide bonds. The summed E-state index contributed by atoms with van der Waals surface area (Å²) in [6, 6.07) is 11.0. The van der Waals surface area contributed by atoms with Crippen LogP contribution >= 0.6 is 0 Å². The number of aromatic nitrogens is 2. The van der Waals surface area contributed by atoms with Crippen molar-refractivity contribution in [3.05, 3.63) is 58.6 Å². The number of hydrogen-bond acceptors (Lipinski definition) is 7. The van der Waals surface area contributed by atoms with Crippen molar-refractivity contribution in [3.8, 4) is 0 Å². The van der Waals surface area contributed by atoms with E-state index < -0.39 is 30.2 Å². The smallest absolute Gasteiger partial charge is 0.349 e. The van der Waals surface area contributed by atoms with E-state index in [-0.39, 0.29) is 18.3 Å². The van der Waals surface area contributed by atoms with Gasteiger partial charge in [0.25, 0.3) is 5.92 Å². The third-order valence-electron chi connectivity index (χ3n) is 6.29. The molecule has 2 aromatic rings. The van der Waals surface area contributed by atoms with Crippen LogP contribution in [0, 0.1) is 11.3 Å². The molecule has 0 radical (unpaired) electrons. The molecule has 1 aromatic heterocycles. The maximum absolute atomic E-state index is 14.7. The van der Waals surface area contributed by atoms with Gasteiger partial charge < -0.3 is 15.9 Å². The van der Waals surface area contributed by atoms with Crippen molar-refractivity contribution in [1.29, 1.82) is 5.41 Å². The van der Waals surface area contributed by atoms with E-state index in [1.807, 2.05) is 30.3 Å². The molecule has 33 heavy (non-hydrogen) atoms. The van der Waals surface area contributed by atoms with Gasteiger partial charge in [-0.05, 0) is 24.6 Å². The Kier molecular flexibility index (Phi) is 6.66. The fraction of sp³-hybridized carbons (Fsp3) is 0.478. The number of aliphatic imine (C=N–C) groups is 1. The zero-order chi connectivity index (χ0) is 23.6. The zero-order valence-corrected chi connectivity index (χ0v) is 18.5. The molecule has 0 spiro atoms. The van der Waals surface area contributed by atoms with Gasteiger partial charge in [-0.2, -0.15) is 4.98 Å². The van der Waals surface area contributed by atoms with E-state index in [0.29, 0.717) is 31.8 Å². The minimum atomic E-state index is -3.05. The quantitative estimate of drug-likeness (QED) is 0.644. The Hall–Kier alpha value is -2.98. The SMILES string of the molecule is CN=C1CN(CC2CC(F)(F)C(Cn3ccc(N)nc3=O)O2)CCC1C(=N)c1ccccc1. The zero-order valence-electron chi connectivity index (χ0n) is 18.5. The molecule has 2 aliphatic heterocycles. The molecule has 176 valence electrons. The number of hydrogen-bond donors (Lipinski definition) is 2. The first-order chi connectivity index (χ1) is 15.8. The Morgan fingerprint density at radius 3 is 2.76 bits per heavy atom. The molecular weight excluding hydrogens is 430 g/mol. The lowest BCUT2D eigenvalue weighted by Gasteiger charge is -2.34. The van der Waals surface area contributed by atoms with Crippen molar-refractivity contribution in [3.63, 3.8) is 0 Å². The molecule has 3 N–H and O–H groups in total. The minimum Gasteiger partial charge on any atom is -0.383 e. The first-order valence-corrected chi connectivity index (χ1v) is 10.9. The maximum Gasteiger partial charge on any atom is 0.349 e. The number of halogens is 2. The molecule has 0 aliphatic carbocycles. The van der Waals surface area contributed by atoms with Crippen LogP contribution in [0.15, 0.2) is 52.4 Å². The topological polar surface area (TPSA) is 110 Å². The largest absolute Gasteiger partial charge is 0.383 e. The fourth-order valence-electron chi connectivity index (χ4n) is 4.56. The molecule has 2 fully saturated rings. The van der Waals surface area contributed by atoms with Gasteiger partial charge >= 0.3 is 5.69 Å². The second kappa shape index (κ2) is 9.48. The van der Waals surface area contributed by atoms with Gasteiger partial charge in [-0.1, -0.05) is 30.3 Å². The van der Waals surface area contributed by atoms with Gasteiger partial charge in [0, 0.05) is 50.1 Å². The van der Waals surface area contributed by atoms with Crippen LogP contribution in [0.25, 0.3) is 0 Å². The number of nitrogens with zero attached hydrogens (tertiary/aromatic N) is 4. The molecule has 3 unspecified atom stereocenters. The summed E-state index contributed by atoms with van der Waals surface area (Å²) in [6.45, 7) is 1.23. The van der Waals surface area contributed by atoms with Gasteiger partial charge in [-0.3, -0.25) is 14.5 Å². The number of nitrogens with one attached hydrogen (secondary N) is 1. The molecular formula is C23H28F2N6O2. The van der Waals surface area contributed by atoms with E-state index in [4.69, 9.17) is 15.9 Å². The Bertz CT molecular complexity index is 1090. The number of nitrogen functional groups attached to an aromatic ring is 1. The van der Waals surface area contributed by atoms with E-state index in [9.17, 15) is 13.6 Å². The number of rotatable bonds is 6. The van der Waals surface area contributed by atoms with Crippen molar-refractivity contribution in [2.45, 2.75) is 37.5 Å². The van der Waals surface area contributed by atoms with E-state index in [0.717, 1.165) is 15.8 Å². The molecule has 0 saturated carbocycles. The molecule has 0 bridgehead atoms. The monoisotopic (exact) mass is 458 g/mol. The number of anilines is 1. The molecule has 2 aliphatic rings. The number of nitrogens with two attached hydrogens (primary N) is 1. The lowest BCUT2D eigenvalue weighted by Crippen LogP contribution is -2.46. The standard InChI is InChI=1S/C23H28F2N6O2/c1-28-18-13-30(9-7-17(18)21(27)15-5-3-2-4-6-15)12-16-11-23(24,25)19(33-16)14-31-10-8-20(26)29-22(31)32/h2-6,8,10,16-17,19,27H,7,9,11-14H2,1H3,(H2,26,29,32). The van der Waals surface area contributed by atoms with Gasteiger partial charge in [-0.25, -0.2) is 13.6 Å². The summed E-state index contributed by atoms with van der Waals surface area (Å²) in [4.78, 5) is 22.0. The summed E-state index contributed by atoms with van der Waals surface area (Å²) < 4.78 is 36.1. The second-order valence-electron chi connectivity index (χ2n) is 8.57. The molecule has 10 heteroatoms. The molecule has 4 rings (SSSR count). The molecule has 3 heterocycles. The maximum atomic E-state index is 14.7. The Balaban J connectivity index is 1.37. The van der Waals surface area contributed by atoms with Crippen molar-refractivity contribution in [2.75, 3.05) is 32.4 Å². The van der Waals surface area contributed by atoms with Crippen LogP contribution in [0.2, 0.25) is 0 Å². The molecule has 2 saturated heterocycles. The van der Waals surface area contributed by atoms with Crippen LogP contribution in [0.4, 0.5) is 14.6 Å². The first kappa shape index (κ1) is 23.2. The number of piperidine rings is 1. The minimum absolute atomic E-state index is 0.0466. The first-order valence-electron chi connectivity index (χ1n) is 10.9. The highest BCUT2D eigenvalue weighted by atomic mass is 19.3. The highest BCUT2D eigenvalue weighted by molar-refractivity contribution is 6.14. The van der Waals surface area contributed by atoms with Crippen molar-refractivity contribution in [2.24, 2.45) is 10.9 Å². The summed E-state index contributed by atoms with van der Waals surface area (Å²) in [5, 5.41) is 8.60. The Labute approximate surface area is 190 Å². The molecule has 3 atom stereocenters. The number of likely N-dealkylation sites (tertiary alicyclic amines) is 1. The second-order valence-corrected chi connectivity index (χ2v) is 8.57. The third kappa shape index (κ3) is 5.17. The predicted molar refractivity (Wildman–Crippen MR) is 122 cm³/mol. The van der Waals surface area contributed by atoms with Crippen LogP contribution in [-0.2, 0) is 11.3 Å². The van der Waals surface area contributed by atoms with Gasteiger partial charge in [-0.15, -0.1) is 0 Å². The van der Waals surface area contributed by atoms with E-state index in [1.165, 1.54) is 12.3 Å². The van der Waals surface area contributed by atoms with Gasteiger partial charge in [0.1, 0.15) is 11.9 Å². The van der Waals surface area contributed by atoms with Crippen LogP contribution < -0.4 is 11.4 Å². The molecule has 1 aromatic carbocycles. The highest BCUT2D eigenvalue weighted by Gasteiger charge is 2.50. The number of alkyl halides is 2. The Morgan fingerprint density at radius 1 is 1.30 bits per heavy atom. The summed E-state index contributed by atoms with van der Waals surface area (Å²) in [6.07, 6.45) is -0.431. The summed E-state index contributed by atoms with van der Waals surface area (Å²) in [5.41, 5.74) is 7.06. The Morgan fingerprint density at radius 2 is 2.06 bits per heavy atom. The van der Waals surface area contributed by atoms with Gasteiger partial charge in [0.2, 0.25) is 0 Å². The van der Waals surface area contributed by atoms with Crippen LogP contribution in [0.3, 0.4) is 0 Å². The number of benzene rings is 1. The lowest BCUT2D eigenvalue weighted by atomic mass is 9.86. The van der Waals surface area contributed by atoms with Gasteiger partial charge in [0.05, 0.1) is 12.6 Å². The highest BCUT2D eigenvalue weighted by Crippen LogP contribution is 2.37. The van der Waals surface area contributed by atoms with Crippen LogP contribution in [0.1, 0.15) is 18.4 Å². The van der Waals surface area contributed by atoms with Crippen LogP contribution in [0.5, 0.6) is 0 Å². The fourth-order valence-corrected chi connectivity index (χ4v) is 4.56. The van der Waals surface area contributed by atoms with E-state index >= 15 is 0 Å². The lowest BCUT2D eigenvalue weighted by molar-refractivity contribution is -0.0832. The van der Waals surface area contributed by atoms with Crippen molar-refractivity contribution < 1.29 is 13.5 Å². The average Bonchev–Trinajstić information content (AvgIpc) is 3.08. The van der Waals surface area contributed by atoms with Crippen molar-refractivity contribution >= 4 is 17.2 Å². The van der Waals surface area contributed by atoms with Gasteiger partial charge in [0.15, 0.2) is 0 Å². The summed E-state index contributed by atoms with van der Waals surface area (Å²) in [5.74, 6) is -3.09. The molecule has 8 nitrogen and oxygen atoms in total. The normalized spacial score (nSPS) is 26.5. The third-order valence-corrected chi connectivity index (χ3v) is 6.29. The number of ether oxygens (including phenoxy) is 1. The predicted octanol–water partition coefficient (Wildman–Crippen LogP) is 2.08. The van der Waals surface area contributed by atoms with E-state index in [2.05, 4.69) is 14.9 Å². The summed E-state index contributed by atoms with van der Waals surface area (Å²) in [7, 11) is 1.71. The van der Waals surface area contributed by atoms with Crippen LogP contribution in [-0.4, -0.2) is 70.7 Å².